The molecule has 0 radical (unpaired) electrons. The van der Waals surface area contributed by atoms with Gasteiger partial charge in [-0.3, -0.25) is 9.36 Å². The zero-order chi connectivity index (χ0) is 42.8. The maximum Gasteiger partial charge on any atom is 0.268 e. The summed E-state index contributed by atoms with van der Waals surface area (Å²) in [5.41, 5.74) is 0. The minimum absolute atomic E-state index is 0.0244. The van der Waals surface area contributed by atoms with E-state index in [4.69, 9.17) is 9.05 Å². The summed E-state index contributed by atoms with van der Waals surface area (Å²) >= 11 is 0. The van der Waals surface area contributed by atoms with Crippen LogP contribution < -0.4 is 10.2 Å². The highest BCUT2D eigenvalue weighted by Gasteiger charge is 2.23. The SMILES string of the molecule is CC/C=C\C/C=C\C/C=C\C/C=C\C/C=C\C/C=C\CCCCC(=O)NC(COP(=O)([O-])OCC[N+](C)(C)C)C(O)/C=C/CC/C=C/CC/C=C/CCCCCCC. The third kappa shape index (κ3) is 41.3. The van der Waals surface area contributed by atoms with E-state index in [1.807, 2.05) is 27.2 Å². The van der Waals surface area contributed by atoms with E-state index in [1.165, 1.54) is 32.1 Å². The molecular weight excluding hydrogens is 744 g/mol. The van der Waals surface area contributed by atoms with E-state index in [0.29, 0.717) is 23.9 Å². The van der Waals surface area contributed by atoms with Crippen molar-refractivity contribution in [3.8, 4) is 0 Å². The van der Waals surface area contributed by atoms with E-state index in [0.717, 1.165) is 77.0 Å². The Kier molecular flexibility index (Phi) is 37.7. The number of carbonyl (C=O) groups is 1. The minimum atomic E-state index is -4.62. The van der Waals surface area contributed by atoms with Crippen molar-refractivity contribution in [2.24, 2.45) is 0 Å². The van der Waals surface area contributed by atoms with E-state index in [-0.39, 0.29) is 18.9 Å². The molecule has 0 spiro atoms. The predicted octanol–water partition coefficient (Wildman–Crippen LogP) is 11.9. The fourth-order valence-corrected chi connectivity index (χ4v) is 6.14. The van der Waals surface area contributed by atoms with Crippen LogP contribution in [0.5, 0.6) is 0 Å². The number of amides is 1. The number of quaternary nitrogens is 1. The smallest absolute Gasteiger partial charge is 0.268 e. The van der Waals surface area contributed by atoms with Crippen LogP contribution in [0.1, 0.15) is 142 Å². The third-order valence-electron chi connectivity index (χ3n) is 8.94. The lowest BCUT2D eigenvalue weighted by Gasteiger charge is -2.29. The van der Waals surface area contributed by atoms with Crippen molar-refractivity contribution in [3.63, 3.8) is 0 Å². The number of hydrogen-bond acceptors (Lipinski definition) is 6. The Labute approximate surface area is 355 Å². The number of rotatable bonds is 38. The van der Waals surface area contributed by atoms with Gasteiger partial charge in [-0.15, -0.1) is 0 Å². The monoisotopic (exact) mass is 827 g/mol. The second-order valence-corrected chi connectivity index (χ2v) is 17.1. The number of unbranched alkanes of at least 4 members (excludes halogenated alkanes) is 9. The molecule has 330 valence electrons. The van der Waals surface area contributed by atoms with Gasteiger partial charge in [0.1, 0.15) is 13.2 Å². The Morgan fingerprint density at radius 2 is 1.07 bits per heavy atom. The molecule has 0 aliphatic carbocycles. The number of phosphoric acid groups is 1. The number of aliphatic hydroxyl groups is 1. The standard InChI is InChI=1S/C49H83N2O6P/c1-6-8-10-12-14-16-18-20-22-23-24-25-26-27-29-31-33-35-37-39-41-43-49(53)50-47(46-57-58(54,55)56-45-44-51(3,4)5)48(52)42-40-38-36-34-32-30-28-21-19-17-15-13-11-9-7-2/h8,10,14,16,19-22,24-25,27,29,32-35,40,42,47-48,52H,6-7,9,11-13,15,17-18,23,26,28,30-31,36-39,41,43-46H2,1-5H3,(H-,50,53,54,55)/b10-8-,16-14-,21-19+,22-20-,25-24-,29-27-,34-32+,35-33-,42-40+. The van der Waals surface area contributed by atoms with Gasteiger partial charge in [-0.25, -0.2) is 0 Å². The molecule has 8 nitrogen and oxygen atoms in total. The minimum Gasteiger partial charge on any atom is -0.756 e. The lowest BCUT2D eigenvalue weighted by Crippen LogP contribution is -2.45. The van der Waals surface area contributed by atoms with Gasteiger partial charge in [0.25, 0.3) is 7.82 Å². The topological polar surface area (TPSA) is 108 Å². The Morgan fingerprint density at radius 1 is 0.621 bits per heavy atom. The number of nitrogens with zero attached hydrogens (tertiary/aromatic N) is 1. The second-order valence-electron chi connectivity index (χ2n) is 15.6. The third-order valence-corrected chi connectivity index (χ3v) is 9.91. The zero-order valence-corrected chi connectivity index (χ0v) is 38.1. The van der Waals surface area contributed by atoms with Crippen molar-refractivity contribution in [2.45, 2.75) is 154 Å². The molecule has 3 unspecified atom stereocenters. The number of carbonyl (C=O) groups excluding carboxylic acids is 1. The first-order chi connectivity index (χ1) is 28.0. The summed E-state index contributed by atoms with van der Waals surface area (Å²) in [5, 5.41) is 13.7. The Morgan fingerprint density at radius 3 is 1.59 bits per heavy atom. The van der Waals surface area contributed by atoms with Crippen molar-refractivity contribution in [2.75, 3.05) is 40.9 Å². The fourth-order valence-electron chi connectivity index (χ4n) is 5.42. The van der Waals surface area contributed by atoms with Gasteiger partial charge in [-0.2, -0.15) is 0 Å². The van der Waals surface area contributed by atoms with Crippen LogP contribution in [0, 0.1) is 0 Å². The molecule has 1 amide bonds. The summed E-state index contributed by atoms with van der Waals surface area (Å²) in [7, 11) is 1.18. The highest BCUT2D eigenvalue weighted by molar-refractivity contribution is 7.45. The quantitative estimate of drug-likeness (QED) is 0.0278. The van der Waals surface area contributed by atoms with Crippen molar-refractivity contribution >= 4 is 13.7 Å². The Hall–Kier alpha value is -2.84. The number of nitrogens with one attached hydrogen (secondary N) is 1. The molecule has 0 aliphatic heterocycles. The fraction of sp³-hybridized carbons (Fsp3) is 0.612. The van der Waals surface area contributed by atoms with Crippen LogP contribution in [0.3, 0.4) is 0 Å². The van der Waals surface area contributed by atoms with E-state index in [9.17, 15) is 19.4 Å². The van der Waals surface area contributed by atoms with Gasteiger partial charge in [0, 0.05) is 6.42 Å². The summed E-state index contributed by atoms with van der Waals surface area (Å²) in [6, 6.07) is -0.939. The van der Waals surface area contributed by atoms with E-state index in [1.54, 1.807) is 6.08 Å². The molecule has 9 heteroatoms. The number of aliphatic hydroxyl groups excluding tert-OH is 1. The van der Waals surface area contributed by atoms with Crippen molar-refractivity contribution in [3.05, 3.63) is 109 Å². The lowest BCUT2D eigenvalue weighted by atomic mass is 10.1. The van der Waals surface area contributed by atoms with Gasteiger partial charge in [0.05, 0.1) is 39.9 Å². The van der Waals surface area contributed by atoms with Crippen molar-refractivity contribution in [1.29, 1.82) is 0 Å². The van der Waals surface area contributed by atoms with E-state index >= 15 is 0 Å². The number of likely N-dealkylation sites (N-methyl/N-ethyl adjacent to an activating group) is 1. The van der Waals surface area contributed by atoms with Crippen LogP contribution in [0.4, 0.5) is 0 Å². The molecule has 0 fully saturated rings. The molecule has 3 atom stereocenters. The van der Waals surface area contributed by atoms with Crippen LogP contribution in [0.15, 0.2) is 109 Å². The van der Waals surface area contributed by atoms with Gasteiger partial charge in [0.2, 0.25) is 5.91 Å². The molecule has 0 aromatic heterocycles. The summed E-state index contributed by atoms with van der Waals surface area (Å²) in [5.74, 6) is -0.260. The number of hydrogen-bond donors (Lipinski definition) is 2. The molecule has 2 N–H and O–H groups in total. The highest BCUT2D eigenvalue weighted by Crippen LogP contribution is 2.38. The molecule has 0 saturated carbocycles. The van der Waals surface area contributed by atoms with Crippen LogP contribution >= 0.6 is 7.82 Å². The second kappa shape index (κ2) is 39.6. The molecule has 58 heavy (non-hydrogen) atoms. The lowest BCUT2D eigenvalue weighted by molar-refractivity contribution is -0.870. The Balaban J connectivity index is 4.61. The van der Waals surface area contributed by atoms with Crippen LogP contribution in [-0.4, -0.2) is 68.5 Å². The van der Waals surface area contributed by atoms with E-state index < -0.39 is 26.6 Å². The number of allylic oxidation sites excluding steroid dienone is 17. The molecular formula is C49H83N2O6P. The average Bonchev–Trinajstić information content (AvgIpc) is 3.17. The molecule has 0 saturated heterocycles. The maximum absolute atomic E-state index is 12.8. The first kappa shape index (κ1) is 55.2. The first-order valence-corrected chi connectivity index (χ1v) is 23.7. The average molecular weight is 827 g/mol. The largest absolute Gasteiger partial charge is 0.756 e. The summed E-state index contributed by atoms with van der Waals surface area (Å²) in [6.45, 7) is 4.41. The van der Waals surface area contributed by atoms with Gasteiger partial charge < -0.3 is 28.8 Å². The van der Waals surface area contributed by atoms with Crippen molar-refractivity contribution < 1.29 is 32.9 Å². The molecule has 0 aromatic rings. The first-order valence-electron chi connectivity index (χ1n) is 22.2. The number of phosphoric ester groups is 1. The van der Waals surface area contributed by atoms with Crippen LogP contribution in [-0.2, 0) is 18.4 Å². The van der Waals surface area contributed by atoms with Crippen molar-refractivity contribution in [1.82, 2.24) is 5.32 Å². The van der Waals surface area contributed by atoms with Gasteiger partial charge >= 0.3 is 0 Å². The molecule has 0 heterocycles. The molecule has 0 aromatic carbocycles. The summed E-state index contributed by atoms with van der Waals surface area (Å²) in [6.07, 6.45) is 57.1. The summed E-state index contributed by atoms with van der Waals surface area (Å²) in [4.78, 5) is 25.3. The van der Waals surface area contributed by atoms with Gasteiger partial charge in [-0.1, -0.05) is 149 Å². The van der Waals surface area contributed by atoms with Crippen LogP contribution in [0.2, 0.25) is 0 Å². The zero-order valence-electron chi connectivity index (χ0n) is 37.2. The van der Waals surface area contributed by atoms with Gasteiger partial charge in [-0.05, 0) is 96.3 Å². The maximum atomic E-state index is 12.8. The Bertz CT molecular complexity index is 1300. The molecule has 0 rings (SSSR count). The predicted molar refractivity (Wildman–Crippen MR) is 246 cm³/mol. The van der Waals surface area contributed by atoms with Gasteiger partial charge in [0.15, 0.2) is 0 Å². The highest BCUT2D eigenvalue weighted by atomic mass is 31.2. The van der Waals surface area contributed by atoms with E-state index in [2.05, 4.69) is 116 Å². The summed E-state index contributed by atoms with van der Waals surface area (Å²) < 4.78 is 23.1. The van der Waals surface area contributed by atoms with Crippen LogP contribution in [0.25, 0.3) is 0 Å². The molecule has 0 bridgehead atoms. The molecule has 0 aliphatic rings. The normalized spacial score (nSPS) is 15.4.